The lowest BCUT2D eigenvalue weighted by Gasteiger charge is -2.21. The van der Waals surface area contributed by atoms with Gasteiger partial charge in [0.25, 0.3) is 5.91 Å². The lowest BCUT2D eigenvalue weighted by atomic mass is 9.97. The lowest BCUT2D eigenvalue weighted by molar-refractivity contribution is -0.155. The Kier molecular flexibility index (Phi) is 8.89. The molecule has 9 heteroatoms. The van der Waals surface area contributed by atoms with Gasteiger partial charge in [-0.3, -0.25) is 4.79 Å². The largest absolute Gasteiger partial charge is 0.493 e. The zero-order valence-electron chi connectivity index (χ0n) is 19.9. The molecule has 3 N–H and O–H groups in total. The van der Waals surface area contributed by atoms with Crippen molar-refractivity contribution in [2.75, 3.05) is 6.61 Å². The van der Waals surface area contributed by atoms with Gasteiger partial charge in [-0.1, -0.05) is 61.8 Å². The first-order chi connectivity index (χ1) is 16.6. The lowest BCUT2D eigenvalue weighted by Crippen LogP contribution is -2.41. The molecule has 0 aliphatic rings. The first-order valence-electron chi connectivity index (χ1n) is 11.4. The smallest absolute Gasteiger partial charge is 0.335 e. The predicted molar refractivity (Wildman–Crippen MR) is 133 cm³/mol. The van der Waals surface area contributed by atoms with Gasteiger partial charge in [-0.15, -0.1) is 0 Å². The third kappa shape index (κ3) is 7.56. The summed E-state index contributed by atoms with van der Waals surface area (Å²) in [6.45, 7) is 4.00. The number of esters is 1. The number of ether oxygens (including phenoxy) is 1. The van der Waals surface area contributed by atoms with Crippen LogP contribution in [0.2, 0.25) is 5.02 Å². The maximum Gasteiger partial charge on any atom is 0.335 e. The maximum atomic E-state index is 12.7. The van der Waals surface area contributed by atoms with E-state index in [0.717, 1.165) is 16.7 Å². The number of aryl methyl sites for hydroxylation is 1. The summed E-state index contributed by atoms with van der Waals surface area (Å²) in [5.74, 6) is -1.27. The van der Waals surface area contributed by atoms with E-state index in [2.05, 4.69) is 10.4 Å². The fourth-order valence-corrected chi connectivity index (χ4v) is 3.71. The number of hydrogen-bond donors (Lipinski definition) is 3. The van der Waals surface area contributed by atoms with E-state index in [1.54, 1.807) is 0 Å². The van der Waals surface area contributed by atoms with E-state index < -0.39 is 24.0 Å². The van der Waals surface area contributed by atoms with Crippen molar-refractivity contribution in [2.45, 2.75) is 38.8 Å². The summed E-state index contributed by atoms with van der Waals surface area (Å²) in [4.78, 5) is 25.0. The summed E-state index contributed by atoms with van der Waals surface area (Å²) in [6.07, 6.45) is -1.09. The van der Waals surface area contributed by atoms with Crippen LogP contribution in [-0.4, -0.2) is 50.6 Å². The Bertz CT molecular complexity index is 1140. The maximum absolute atomic E-state index is 12.7. The van der Waals surface area contributed by atoms with Gasteiger partial charge < -0.3 is 20.3 Å². The molecule has 8 nitrogen and oxygen atoms in total. The minimum atomic E-state index is -1.40. The van der Waals surface area contributed by atoms with Gasteiger partial charge in [0.05, 0.1) is 6.61 Å². The van der Waals surface area contributed by atoms with Gasteiger partial charge in [-0.05, 0) is 41.2 Å². The van der Waals surface area contributed by atoms with E-state index in [-0.39, 0.29) is 30.5 Å². The molecule has 0 saturated carbocycles. The number of aromatic nitrogens is 2. The molecule has 1 heterocycles. The standard InChI is InChI=1S/C26H30ClN3O5/c1-16(2)15-35-26(34)23(31)13-21(28-25(33)22-14-24(32)30(3)29-22)11-17-7-9-18(10-8-17)19-5-4-6-20(27)12-19/h4-10,12,14,16,21,23,31-32H,11,13,15H2,1-3H3,(H,28,33)/t21-,23-/m1/s1. The van der Waals surface area contributed by atoms with Crippen LogP contribution in [0.4, 0.5) is 0 Å². The minimum Gasteiger partial charge on any atom is -0.493 e. The Morgan fingerprint density at radius 3 is 2.43 bits per heavy atom. The van der Waals surface area contributed by atoms with Crippen molar-refractivity contribution in [2.24, 2.45) is 13.0 Å². The normalized spacial score (nSPS) is 12.9. The quantitative estimate of drug-likeness (QED) is 0.366. The molecule has 1 amide bonds. The zero-order chi connectivity index (χ0) is 25.5. The number of nitrogens with one attached hydrogen (secondary N) is 1. The number of amides is 1. The number of aromatic hydroxyl groups is 1. The average Bonchev–Trinajstić information content (AvgIpc) is 3.16. The van der Waals surface area contributed by atoms with Crippen LogP contribution in [0.5, 0.6) is 5.88 Å². The molecule has 0 unspecified atom stereocenters. The number of benzene rings is 2. The second-order valence-corrected chi connectivity index (χ2v) is 9.30. The fraction of sp³-hybridized carbons (Fsp3) is 0.346. The SMILES string of the molecule is CC(C)COC(=O)[C@H](O)C[C@@H](Cc1ccc(-c2cccc(Cl)c2)cc1)NC(=O)c1cc(O)n(C)n1. The summed E-state index contributed by atoms with van der Waals surface area (Å²) in [6, 6.07) is 15.9. The average molecular weight is 500 g/mol. The minimum absolute atomic E-state index is 0.0307. The van der Waals surface area contributed by atoms with Crippen molar-refractivity contribution in [3.63, 3.8) is 0 Å². The Morgan fingerprint density at radius 2 is 1.83 bits per heavy atom. The van der Waals surface area contributed by atoms with E-state index >= 15 is 0 Å². The van der Waals surface area contributed by atoms with Gasteiger partial charge >= 0.3 is 5.97 Å². The predicted octanol–water partition coefficient (Wildman–Crippen LogP) is 3.74. The van der Waals surface area contributed by atoms with Crippen LogP contribution in [0.25, 0.3) is 11.1 Å². The van der Waals surface area contributed by atoms with Gasteiger partial charge in [0, 0.05) is 30.6 Å². The van der Waals surface area contributed by atoms with E-state index in [9.17, 15) is 19.8 Å². The first-order valence-corrected chi connectivity index (χ1v) is 11.7. The summed E-state index contributed by atoms with van der Waals surface area (Å²) in [7, 11) is 1.51. The molecule has 0 bridgehead atoms. The molecule has 0 aliphatic heterocycles. The summed E-state index contributed by atoms with van der Waals surface area (Å²) in [5, 5.41) is 27.6. The fourth-order valence-electron chi connectivity index (χ4n) is 3.52. The van der Waals surface area contributed by atoms with Crippen LogP contribution in [0.3, 0.4) is 0 Å². The Balaban J connectivity index is 1.74. The van der Waals surface area contributed by atoms with Crippen molar-refractivity contribution >= 4 is 23.5 Å². The Labute approximate surface area is 209 Å². The van der Waals surface area contributed by atoms with Crippen LogP contribution in [0.1, 0.15) is 36.3 Å². The molecule has 2 atom stereocenters. The second-order valence-electron chi connectivity index (χ2n) is 8.87. The molecule has 35 heavy (non-hydrogen) atoms. The number of aliphatic hydroxyl groups is 1. The first kappa shape index (κ1) is 26.2. The molecule has 3 rings (SSSR count). The third-order valence-electron chi connectivity index (χ3n) is 5.36. The van der Waals surface area contributed by atoms with Gasteiger partial charge in [0.2, 0.25) is 5.88 Å². The summed E-state index contributed by atoms with van der Waals surface area (Å²) >= 11 is 6.09. The highest BCUT2D eigenvalue weighted by Gasteiger charge is 2.25. The summed E-state index contributed by atoms with van der Waals surface area (Å²) < 4.78 is 6.32. The van der Waals surface area contributed by atoms with Gasteiger partial charge in [0.1, 0.15) is 0 Å². The van der Waals surface area contributed by atoms with Gasteiger partial charge in [-0.2, -0.15) is 5.10 Å². The molecule has 186 valence electrons. The Morgan fingerprint density at radius 1 is 1.11 bits per heavy atom. The number of nitrogens with zero attached hydrogens (tertiary/aromatic N) is 2. The van der Waals surface area contributed by atoms with Crippen molar-refractivity contribution in [3.8, 4) is 17.0 Å². The van der Waals surface area contributed by atoms with Crippen molar-refractivity contribution in [3.05, 3.63) is 70.9 Å². The second kappa shape index (κ2) is 11.9. The highest BCUT2D eigenvalue weighted by molar-refractivity contribution is 6.30. The third-order valence-corrected chi connectivity index (χ3v) is 5.59. The number of carbonyl (C=O) groups excluding carboxylic acids is 2. The number of halogens is 1. The van der Waals surface area contributed by atoms with E-state index in [0.29, 0.717) is 11.4 Å². The molecule has 0 saturated heterocycles. The van der Waals surface area contributed by atoms with Crippen LogP contribution >= 0.6 is 11.6 Å². The van der Waals surface area contributed by atoms with Crippen molar-refractivity contribution in [1.29, 1.82) is 0 Å². The molecule has 3 aromatic rings. The van der Waals surface area contributed by atoms with Crippen LogP contribution < -0.4 is 5.32 Å². The van der Waals surface area contributed by atoms with E-state index in [1.807, 2.05) is 62.4 Å². The molecular weight excluding hydrogens is 470 g/mol. The molecular formula is C26H30ClN3O5. The number of rotatable bonds is 10. The summed E-state index contributed by atoms with van der Waals surface area (Å²) in [5.41, 5.74) is 2.89. The van der Waals surface area contributed by atoms with Crippen LogP contribution in [-0.2, 0) is 23.0 Å². The highest BCUT2D eigenvalue weighted by Crippen LogP contribution is 2.23. The van der Waals surface area contributed by atoms with E-state index in [1.165, 1.54) is 17.8 Å². The molecule has 0 fully saturated rings. The molecule has 0 radical (unpaired) electrons. The number of hydrogen-bond acceptors (Lipinski definition) is 6. The van der Waals surface area contributed by atoms with Crippen LogP contribution in [0.15, 0.2) is 54.6 Å². The van der Waals surface area contributed by atoms with Crippen LogP contribution in [0, 0.1) is 5.92 Å². The van der Waals surface area contributed by atoms with E-state index in [4.69, 9.17) is 16.3 Å². The zero-order valence-corrected chi connectivity index (χ0v) is 20.7. The number of aliphatic hydroxyl groups excluding tert-OH is 1. The van der Waals surface area contributed by atoms with Crippen molar-refractivity contribution in [1.82, 2.24) is 15.1 Å². The molecule has 0 aliphatic carbocycles. The monoisotopic (exact) mass is 499 g/mol. The Hall–Kier alpha value is -3.36. The highest BCUT2D eigenvalue weighted by atomic mass is 35.5. The molecule has 0 spiro atoms. The van der Waals surface area contributed by atoms with Gasteiger partial charge in [0.15, 0.2) is 11.8 Å². The molecule has 2 aromatic carbocycles. The molecule has 1 aromatic heterocycles. The number of carbonyl (C=O) groups is 2. The topological polar surface area (TPSA) is 114 Å². The van der Waals surface area contributed by atoms with Crippen molar-refractivity contribution < 1.29 is 24.5 Å². The van der Waals surface area contributed by atoms with Gasteiger partial charge in [-0.25, -0.2) is 9.48 Å².